The minimum Gasteiger partial charge on any atom is -0.480 e. The molecule has 2 N–H and O–H groups in total. The molecular weight excluding hydrogens is 473 g/mol. The van der Waals surface area contributed by atoms with Gasteiger partial charge in [0, 0.05) is 11.7 Å². The zero-order valence-electron chi connectivity index (χ0n) is 17.9. The van der Waals surface area contributed by atoms with Crippen LogP contribution in [-0.2, 0) is 14.3 Å². The lowest BCUT2D eigenvalue weighted by atomic mass is 9.98. The van der Waals surface area contributed by atoms with Crippen LogP contribution in [0.1, 0.15) is 24.0 Å². The van der Waals surface area contributed by atoms with Crippen molar-refractivity contribution in [3.63, 3.8) is 0 Å². The molecule has 1 saturated heterocycles. The minimum atomic E-state index is -5.14. The number of nitrogens with zero attached hydrogens (tertiary/aromatic N) is 1. The van der Waals surface area contributed by atoms with E-state index in [4.69, 9.17) is 4.74 Å². The second-order valence-electron chi connectivity index (χ2n) is 7.98. The maximum absolute atomic E-state index is 13.7. The van der Waals surface area contributed by atoms with E-state index in [1.165, 1.54) is 6.92 Å². The Balaban J connectivity index is 1.49. The fourth-order valence-corrected chi connectivity index (χ4v) is 5.53. The summed E-state index contributed by atoms with van der Waals surface area (Å²) < 4.78 is 46.2. The fraction of sp³-hybridized carbons (Fsp3) is 0.348. The van der Waals surface area contributed by atoms with E-state index in [1.54, 1.807) is 5.32 Å². The number of ether oxygens (including phenoxy) is 1. The van der Waals surface area contributed by atoms with Gasteiger partial charge in [0.2, 0.25) is 6.04 Å². The molecule has 180 valence electrons. The summed E-state index contributed by atoms with van der Waals surface area (Å²) in [6, 6.07) is 10.6. The molecule has 1 fully saturated rings. The molecule has 2 aliphatic rings. The SMILES string of the molecule is CC1SCC(C(=O)O)N1C(=O)C(NC(=O)OCC1c2ccccc2-c2ccccc21)C(F)(F)F. The average molecular weight is 494 g/mol. The van der Waals surface area contributed by atoms with Gasteiger partial charge in [-0.1, -0.05) is 48.5 Å². The molecular formula is C23H21F3N2O5S. The van der Waals surface area contributed by atoms with Gasteiger partial charge in [0.25, 0.3) is 5.91 Å². The summed E-state index contributed by atoms with van der Waals surface area (Å²) in [5.41, 5.74) is 3.67. The predicted molar refractivity (Wildman–Crippen MR) is 118 cm³/mol. The number of carboxylic acid groups (broad SMARTS) is 1. The molecule has 34 heavy (non-hydrogen) atoms. The Morgan fingerprint density at radius 3 is 2.21 bits per heavy atom. The number of aliphatic carboxylic acids is 1. The van der Waals surface area contributed by atoms with E-state index in [0.29, 0.717) is 4.90 Å². The summed E-state index contributed by atoms with van der Waals surface area (Å²) in [7, 11) is 0. The third-order valence-corrected chi connectivity index (χ3v) is 7.16. The van der Waals surface area contributed by atoms with Gasteiger partial charge in [-0.05, 0) is 29.2 Å². The first-order valence-electron chi connectivity index (χ1n) is 10.4. The normalized spacial score (nSPS) is 20.4. The van der Waals surface area contributed by atoms with E-state index in [1.807, 2.05) is 48.5 Å². The van der Waals surface area contributed by atoms with Crippen LogP contribution >= 0.6 is 11.8 Å². The van der Waals surface area contributed by atoms with Crippen molar-refractivity contribution < 1.29 is 37.4 Å². The lowest BCUT2D eigenvalue weighted by Crippen LogP contribution is -2.59. The number of alkyl carbamates (subject to hydrolysis) is 1. The van der Waals surface area contributed by atoms with Gasteiger partial charge in [-0.3, -0.25) is 4.79 Å². The van der Waals surface area contributed by atoms with Crippen molar-refractivity contribution in [1.29, 1.82) is 0 Å². The maximum atomic E-state index is 13.7. The van der Waals surface area contributed by atoms with Crippen LogP contribution in [0.2, 0.25) is 0 Å². The van der Waals surface area contributed by atoms with Crippen LogP contribution in [0, 0.1) is 0 Å². The topological polar surface area (TPSA) is 95.9 Å². The molecule has 0 aromatic heterocycles. The Hall–Kier alpha value is -3.21. The van der Waals surface area contributed by atoms with Crippen molar-refractivity contribution in [1.82, 2.24) is 10.2 Å². The number of carbonyl (C=O) groups is 3. The number of carboxylic acids is 1. The smallest absolute Gasteiger partial charge is 0.417 e. The van der Waals surface area contributed by atoms with Gasteiger partial charge in [0.1, 0.15) is 12.6 Å². The average Bonchev–Trinajstić information content (AvgIpc) is 3.33. The zero-order valence-corrected chi connectivity index (χ0v) is 18.7. The quantitative estimate of drug-likeness (QED) is 0.656. The number of halogens is 3. The Bertz CT molecular complexity index is 1080. The molecule has 0 radical (unpaired) electrons. The Morgan fingerprint density at radius 1 is 1.12 bits per heavy atom. The molecule has 3 unspecified atom stereocenters. The standard InChI is InChI=1S/C23H21F3N2O5S/c1-12-28(18(11-34-12)21(30)31)20(29)19(23(24,25)26)27-22(32)33-10-17-15-8-4-2-6-13(15)14-7-3-5-9-16(14)17/h2-9,12,17-19H,10-11H2,1H3,(H,27,32)(H,30,31). The van der Waals surface area contributed by atoms with Crippen LogP contribution in [0.4, 0.5) is 18.0 Å². The summed E-state index contributed by atoms with van der Waals surface area (Å²) >= 11 is 1.04. The predicted octanol–water partition coefficient (Wildman–Crippen LogP) is 3.83. The molecule has 2 aromatic carbocycles. The van der Waals surface area contributed by atoms with E-state index < -0.39 is 41.6 Å². The molecule has 1 aliphatic heterocycles. The molecule has 2 amide bonds. The highest BCUT2D eigenvalue weighted by Crippen LogP contribution is 2.44. The van der Waals surface area contributed by atoms with Crippen LogP contribution < -0.4 is 5.32 Å². The second-order valence-corrected chi connectivity index (χ2v) is 9.33. The highest BCUT2D eigenvalue weighted by molar-refractivity contribution is 8.00. The maximum Gasteiger partial charge on any atom is 0.417 e. The number of benzene rings is 2. The fourth-order valence-electron chi connectivity index (χ4n) is 4.36. The van der Waals surface area contributed by atoms with Gasteiger partial charge >= 0.3 is 18.2 Å². The first-order valence-corrected chi connectivity index (χ1v) is 11.5. The Kier molecular flexibility index (Phi) is 6.48. The second kappa shape index (κ2) is 9.21. The van der Waals surface area contributed by atoms with Gasteiger partial charge in [-0.25, -0.2) is 9.59 Å². The van der Waals surface area contributed by atoms with Crippen molar-refractivity contribution >= 4 is 29.7 Å². The molecule has 1 heterocycles. The van der Waals surface area contributed by atoms with Crippen molar-refractivity contribution in [3.8, 4) is 11.1 Å². The molecule has 0 spiro atoms. The van der Waals surface area contributed by atoms with E-state index in [0.717, 1.165) is 34.0 Å². The molecule has 4 rings (SSSR count). The molecule has 2 aromatic rings. The number of rotatable bonds is 5. The van der Waals surface area contributed by atoms with Gasteiger partial charge in [0.05, 0.1) is 5.37 Å². The first-order chi connectivity index (χ1) is 16.1. The summed E-state index contributed by atoms with van der Waals surface area (Å²) in [6.07, 6.45) is -6.55. The van der Waals surface area contributed by atoms with Crippen molar-refractivity contribution in [3.05, 3.63) is 59.7 Å². The van der Waals surface area contributed by atoms with Crippen LogP contribution in [-0.4, -0.2) is 64.0 Å². The van der Waals surface area contributed by atoms with E-state index >= 15 is 0 Å². The molecule has 3 atom stereocenters. The van der Waals surface area contributed by atoms with Crippen LogP contribution in [0.3, 0.4) is 0 Å². The van der Waals surface area contributed by atoms with E-state index in [9.17, 15) is 32.7 Å². The van der Waals surface area contributed by atoms with Crippen LogP contribution in [0.5, 0.6) is 0 Å². The zero-order chi connectivity index (χ0) is 24.6. The van der Waals surface area contributed by atoms with Crippen LogP contribution in [0.15, 0.2) is 48.5 Å². The number of fused-ring (bicyclic) bond motifs is 3. The van der Waals surface area contributed by atoms with Gasteiger partial charge in [-0.15, -0.1) is 11.8 Å². The van der Waals surface area contributed by atoms with Gasteiger partial charge < -0.3 is 20.1 Å². The number of hydrogen-bond donors (Lipinski definition) is 2. The first kappa shape index (κ1) is 23.9. The van der Waals surface area contributed by atoms with Gasteiger partial charge in [0.15, 0.2) is 0 Å². The molecule has 0 saturated carbocycles. The van der Waals surface area contributed by atoms with Crippen LogP contribution in [0.25, 0.3) is 11.1 Å². The highest BCUT2D eigenvalue weighted by atomic mass is 32.2. The Morgan fingerprint density at radius 2 is 1.68 bits per heavy atom. The largest absolute Gasteiger partial charge is 0.480 e. The number of nitrogens with one attached hydrogen (secondary N) is 1. The third-order valence-electron chi connectivity index (χ3n) is 5.94. The summed E-state index contributed by atoms with van der Waals surface area (Å²) in [4.78, 5) is 37.1. The lowest BCUT2D eigenvalue weighted by Gasteiger charge is -2.30. The van der Waals surface area contributed by atoms with Crippen molar-refractivity contribution in [2.45, 2.75) is 36.5 Å². The van der Waals surface area contributed by atoms with Gasteiger partial charge in [-0.2, -0.15) is 13.2 Å². The summed E-state index contributed by atoms with van der Waals surface area (Å²) in [5, 5.41) is 10.1. The molecule has 11 heteroatoms. The summed E-state index contributed by atoms with van der Waals surface area (Å²) in [5.74, 6) is -3.36. The minimum absolute atomic E-state index is 0.0439. The molecule has 1 aliphatic carbocycles. The highest BCUT2D eigenvalue weighted by Gasteiger charge is 2.52. The van der Waals surface area contributed by atoms with Crippen molar-refractivity contribution in [2.24, 2.45) is 0 Å². The Labute approximate surface area is 197 Å². The number of carbonyl (C=O) groups excluding carboxylic acids is 2. The van der Waals surface area contributed by atoms with E-state index in [2.05, 4.69) is 0 Å². The number of amides is 2. The number of hydrogen-bond acceptors (Lipinski definition) is 5. The molecule has 0 bridgehead atoms. The number of alkyl halides is 3. The molecule has 7 nitrogen and oxygen atoms in total. The summed E-state index contributed by atoms with van der Waals surface area (Å²) in [6.45, 7) is 1.21. The number of thioether (sulfide) groups is 1. The van der Waals surface area contributed by atoms with Crippen molar-refractivity contribution in [2.75, 3.05) is 12.4 Å². The monoisotopic (exact) mass is 494 g/mol. The third kappa shape index (κ3) is 4.44. The lowest BCUT2D eigenvalue weighted by molar-refractivity contribution is -0.177. The van der Waals surface area contributed by atoms with E-state index in [-0.39, 0.29) is 18.3 Å².